The molecule has 1 atom stereocenters. The molecule has 1 unspecified atom stereocenters. The third-order valence-corrected chi connectivity index (χ3v) is 4.32. The maximum atomic E-state index is 12.3. The van der Waals surface area contributed by atoms with Gasteiger partial charge in [0.1, 0.15) is 5.01 Å². The minimum Gasteiger partial charge on any atom is -0.304 e. The maximum absolute atomic E-state index is 12.3. The fourth-order valence-electron chi connectivity index (χ4n) is 1.88. The van der Waals surface area contributed by atoms with Crippen LogP contribution in [0, 0.1) is 0 Å². The normalized spacial score (nSPS) is 13.3. The Morgan fingerprint density at radius 1 is 1.29 bits per heavy atom. The molecule has 114 valence electrons. The van der Waals surface area contributed by atoms with Crippen molar-refractivity contribution in [1.29, 1.82) is 0 Å². The van der Waals surface area contributed by atoms with Gasteiger partial charge < -0.3 is 5.32 Å². The fourth-order valence-corrected chi connectivity index (χ4v) is 3.15. The Morgan fingerprint density at radius 3 is 2.52 bits per heavy atom. The number of aromatic nitrogens is 1. The first-order valence-electron chi connectivity index (χ1n) is 6.48. The van der Waals surface area contributed by atoms with Crippen LogP contribution in [0.4, 0.5) is 13.2 Å². The highest BCUT2D eigenvalue weighted by molar-refractivity contribution is 8.00. The van der Waals surface area contributed by atoms with Gasteiger partial charge in [0.15, 0.2) is 0 Å². The highest BCUT2D eigenvalue weighted by Crippen LogP contribution is 2.37. The van der Waals surface area contributed by atoms with Gasteiger partial charge in [-0.3, -0.25) is 0 Å². The predicted molar refractivity (Wildman–Crippen MR) is 80.6 cm³/mol. The SMILES string of the molecule is CCCNC(c1ccc(SC(F)(F)F)cc1)c1nccs1. The number of alkyl halides is 3. The van der Waals surface area contributed by atoms with Gasteiger partial charge in [0.05, 0.1) is 6.04 Å². The zero-order chi connectivity index (χ0) is 15.3. The van der Waals surface area contributed by atoms with Crippen molar-refractivity contribution < 1.29 is 13.2 Å². The van der Waals surface area contributed by atoms with Crippen LogP contribution in [0.1, 0.15) is 30.0 Å². The van der Waals surface area contributed by atoms with Crippen molar-refractivity contribution in [2.45, 2.75) is 29.8 Å². The lowest BCUT2D eigenvalue weighted by molar-refractivity contribution is -0.0328. The van der Waals surface area contributed by atoms with Crippen LogP contribution >= 0.6 is 23.1 Å². The van der Waals surface area contributed by atoms with Crippen molar-refractivity contribution in [3.05, 3.63) is 46.4 Å². The molecule has 2 rings (SSSR count). The van der Waals surface area contributed by atoms with Gasteiger partial charge in [-0.15, -0.1) is 11.3 Å². The average Bonchev–Trinajstić information content (AvgIpc) is 2.93. The summed E-state index contributed by atoms with van der Waals surface area (Å²) in [6, 6.07) is 6.38. The Bertz CT molecular complexity index is 538. The molecule has 2 aromatic rings. The Balaban J connectivity index is 2.17. The van der Waals surface area contributed by atoms with Gasteiger partial charge >= 0.3 is 5.51 Å². The number of halogens is 3. The summed E-state index contributed by atoms with van der Waals surface area (Å²) in [7, 11) is 0. The van der Waals surface area contributed by atoms with Gasteiger partial charge in [-0.25, -0.2) is 4.98 Å². The molecule has 0 amide bonds. The average molecular weight is 332 g/mol. The minimum absolute atomic E-state index is 0.0742. The summed E-state index contributed by atoms with van der Waals surface area (Å²) in [5, 5.41) is 6.18. The van der Waals surface area contributed by atoms with Crippen molar-refractivity contribution in [3.63, 3.8) is 0 Å². The van der Waals surface area contributed by atoms with E-state index in [1.807, 2.05) is 5.38 Å². The second kappa shape index (κ2) is 7.29. The number of rotatable bonds is 6. The smallest absolute Gasteiger partial charge is 0.304 e. The molecule has 0 radical (unpaired) electrons. The molecule has 7 heteroatoms. The van der Waals surface area contributed by atoms with Crippen molar-refractivity contribution >= 4 is 23.1 Å². The number of nitrogens with zero attached hydrogens (tertiary/aromatic N) is 1. The van der Waals surface area contributed by atoms with Gasteiger partial charge in [-0.1, -0.05) is 19.1 Å². The standard InChI is InChI=1S/C14H15F3N2S2/c1-2-7-18-12(13-19-8-9-20-13)10-3-5-11(6-4-10)21-14(15,16)17/h3-6,8-9,12,18H,2,7H2,1H3. The molecule has 1 aromatic carbocycles. The molecule has 0 saturated carbocycles. The summed E-state index contributed by atoms with van der Waals surface area (Å²) in [4.78, 5) is 4.49. The quantitative estimate of drug-likeness (QED) is 0.766. The second-order valence-corrected chi connectivity index (χ2v) is 6.44. The first-order chi connectivity index (χ1) is 9.99. The summed E-state index contributed by atoms with van der Waals surface area (Å²) in [5.41, 5.74) is -3.33. The summed E-state index contributed by atoms with van der Waals surface area (Å²) in [6.07, 6.45) is 2.71. The Hall–Kier alpha value is -1.05. The molecule has 1 heterocycles. The number of hydrogen-bond acceptors (Lipinski definition) is 4. The second-order valence-electron chi connectivity index (χ2n) is 4.37. The molecule has 0 fully saturated rings. The van der Waals surface area contributed by atoms with E-state index in [9.17, 15) is 13.2 Å². The Labute approximate surface area is 129 Å². The zero-order valence-corrected chi connectivity index (χ0v) is 13.0. The highest BCUT2D eigenvalue weighted by atomic mass is 32.2. The molecule has 21 heavy (non-hydrogen) atoms. The van der Waals surface area contributed by atoms with Crippen LogP contribution < -0.4 is 5.32 Å². The molecule has 0 aliphatic carbocycles. The summed E-state index contributed by atoms with van der Waals surface area (Å²) >= 11 is 1.43. The molecule has 2 nitrogen and oxygen atoms in total. The minimum atomic E-state index is -4.25. The zero-order valence-electron chi connectivity index (χ0n) is 11.4. The number of nitrogens with one attached hydrogen (secondary N) is 1. The van der Waals surface area contributed by atoms with E-state index in [4.69, 9.17) is 0 Å². The third-order valence-electron chi connectivity index (χ3n) is 2.74. The largest absolute Gasteiger partial charge is 0.446 e. The number of thiazole rings is 1. The Kier molecular flexibility index (Phi) is 5.66. The van der Waals surface area contributed by atoms with Crippen LogP contribution in [0.2, 0.25) is 0 Å². The highest BCUT2D eigenvalue weighted by Gasteiger charge is 2.29. The molecule has 0 bridgehead atoms. The first kappa shape index (κ1) is 16.3. The monoisotopic (exact) mass is 332 g/mol. The van der Waals surface area contributed by atoms with Crippen LogP contribution in [0.25, 0.3) is 0 Å². The summed E-state index contributed by atoms with van der Waals surface area (Å²) < 4.78 is 37.0. The van der Waals surface area contributed by atoms with E-state index >= 15 is 0 Å². The lowest BCUT2D eigenvalue weighted by atomic mass is 10.1. The van der Waals surface area contributed by atoms with E-state index in [0.29, 0.717) is 0 Å². The van der Waals surface area contributed by atoms with Crippen molar-refractivity contribution in [3.8, 4) is 0 Å². The van der Waals surface area contributed by atoms with E-state index in [1.165, 1.54) is 23.5 Å². The van der Waals surface area contributed by atoms with Crippen molar-refractivity contribution in [1.82, 2.24) is 10.3 Å². The lowest BCUT2D eigenvalue weighted by Gasteiger charge is -2.17. The van der Waals surface area contributed by atoms with E-state index < -0.39 is 5.51 Å². The van der Waals surface area contributed by atoms with E-state index in [1.54, 1.807) is 18.3 Å². The van der Waals surface area contributed by atoms with Gasteiger partial charge in [-0.05, 0) is 42.4 Å². The number of thioether (sulfide) groups is 1. The van der Waals surface area contributed by atoms with E-state index in [-0.39, 0.29) is 22.7 Å². The third kappa shape index (κ3) is 5.01. The molecule has 0 aliphatic heterocycles. The molecule has 0 spiro atoms. The molecule has 0 saturated heterocycles. The van der Waals surface area contributed by atoms with Gasteiger partial charge in [0.2, 0.25) is 0 Å². The van der Waals surface area contributed by atoms with E-state index in [0.717, 1.165) is 23.5 Å². The van der Waals surface area contributed by atoms with Crippen molar-refractivity contribution in [2.24, 2.45) is 0 Å². The van der Waals surface area contributed by atoms with Crippen LogP contribution in [0.3, 0.4) is 0 Å². The molecule has 1 aromatic heterocycles. The van der Waals surface area contributed by atoms with Crippen LogP contribution in [0.5, 0.6) is 0 Å². The van der Waals surface area contributed by atoms with Crippen LogP contribution in [0.15, 0.2) is 40.7 Å². The predicted octanol–water partition coefficient (Wildman–Crippen LogP) is 4.84. The molecular weight excluding hydrogens is 317 g/mol. The summed E-state index contributed by atoms with van der Waals surface area (Å²) in [5.74, 6) is 0. The lowest BCUT2D eigenvalue weighted by Crippen LogP contribution is -2.23. The Morgan fingerprint density at radius 2 is 2.00 bits per heavy atom. The number of hydrogen-bond donors (Lipinski definition) is 1. The van der Waals surface area contributed by atoms with Crippen LogP contribution in [-0.4, -0.2) is 17.0 Å². The van der Waals surface area contributed by atoms with Gasteiger partial charge in [-0.2, -0.15) is 13.2 Å². The molecular formula is C14H15F3N2S2. The first-order valence-corrected chi connectivity index (χ1v) is 8.17. The van der Waals surface area contributed by atoms with Gasteiger partial charge in [0.25, 0.3) is 0 Å². The molecule has 0 aliphatic rings. The topological polar surface area (TPSA) is 24.9 Å². The number of benzene rings is 1. The fraction of sp³-hybridized carbons (Fsp3) is 0.357. The summed E-state index contributed by atoms with van der Waals surface area (Å²) in [6.45, 7) is 2.89. The van der Waals surface area contributed by atoms with Gasteiger partial charge in [0, 0.05) is 16.5 Å². The van der Waals surface area contributed by atoms with Crippen LogP contribution in [-0.2, 0) is 0 Å². The molecule has 1 N–H and O–H groups in total. The maximum Gasteiger partial charge on any atom is 0.446 e. The van der Waals surface area contributed by atoms with Crippen molar-refractivity contribution in [2.75, 3.05) is 6.54 Å². The van der Waals surface area contributed by atoms with E-state index in [2.05, 4.69) is 17.2 Å².